The topological polar surface area (TPSA) is 93.3 Å². The quantitative estimate of drug-likeness (QED) is 0.823. The van der Waals surface area contributed by atoms with Crippen molar-refractivity contribution >= 4 is 5.91 Å². The van der Waals surface area contributed by atoms with E-state index < -0.39 is 5.60 Å². The SMILES string of the molecule is Cc1ccc(C2(O)CCN(C(=O)[C@@H]3CCc4nn(C)c(=O)n4C3)CC2)nc1. The van der Waals surface area contributed by atoms with Crippen LogP contribution in [-0.4, -0.2) is 48.3 Å². The van der Waals surface area contributed by atoms with Crippen LogP contribution in [0.5, 0.6) is 0 Å². The smallest absolute Gasteiger partial charge is 0.345 e. The summed E-state index contributed by atoms with van der Waals surface area (Å²) in [5.74, 6) is 0.614. The highest BCUT2D eigenvalue weighted by molar-refractivity contribution is 5.79. The van der Waals surface area contributed by atoms with Crippen molar-refractivity contribution in [2.75, 3.05) is 13.1 Å². The first-order valence-electron chi connectivity index (χ1n) is 9.44. The van der Waals surface area contributed by atoms with E-state index in [1.807, 2.05) is 24.0 Å². The van der Waals surface area contributed by atoms with Crippen molar-refractivity contribution in [3.05, 3.63) is 45.9 Å². The van der Waals surface area contributed by atoms with Gasteiger partial charge in [0.2, 0.25) is 5.91 Å². The van der Waals surface area contributed by atoms with Gasteiger partial charge in [-0.1, -0.05) is 6.07 Å². The summed E-state index contributed by atoms with van der Waals surface area (Å²) in [6.45, 7) is 3.35. The fourth-order valence-corrected chi connectivity index (χ4v) is 4.09. The molecule has 8 nitrogen and oxygen atoms in total. The number of amides is 1. The number of carbonyl (C=O) groups is 1. The van der Waals surface area contributed by atoms with Crippen molar-refractivity contribution in [2.45, 2.75) is 44.8 Å². The number of hydrogen-bond donors (Lipinski definition) is 1. The van der Waals surface area contributed by atoms with Crippen molar-refractivity contribution < 1.29 is 9.90 Å². The van der Waals surface area contributed by atoms with Crippen LogP contribution < -0.4 is 5.69 Å². The maximum absolute atomic E-state index is 13.0. The summed E-state index contributed by atoms with van der Waals surface area (Å²) < 4.78 is 2.94. The van der Waals surface area contributed by atoms with Crippen molar-refractivity contribution in [2.24, 2.45) is 13.0 Å². The van der Waals surface area contributed by atoms with Crippen LogP contribution >= 0.6 is 0 Å². The highest BCUT2D eigenvalue weighted by Crippen LogP contribution is 2.32. The van der Waals surface area contributed by atoms with Crippen molar-refractivity contribution in [1.82, 2.24) is 24.2 Å². The van der Waals surface area contributed by atoms with Gasteiger partial charge in [0.1, 0.15) is 11.4 Å². The number of hydrogen-bond acceptors (Lipinski definition) is 5. The zero-order chi connectivity index (χ0) is 19.2. The first kappa shape index (κ1) is 17.9. The molecule has 0 saturated carbocycles. The van der Waals surface area contributed by atoms with E-state index in [0.717, 1.165) is 11.4 Å². The minimum absolute atomic E-state index is 0.0651. The predicted octanol–water partition coefficient (Wildman–Crippen LogP) is 0.358. The van der Waals surface area contributed by atoms with Gasteiger partial charge >= 0.3 is 5.69 Å². The molecule has 2 aromatic rings. The maximum Gasteiger partial charge on any atom is 0.345 e. The number of aliphatic hydroxyl groups is 1. The van der Waals surface area contributed by atoms with Gasteiger partial charge in [-0.2, -0.15) is 5.10 Å². The second kappa shape index (κ2) is 6.60. The van der Waals surface area contributed by atoms with Crippen LogP contribution in [0.25, 0.3) is 0 Å². The molecule has 0 spiro atoms. The zero-order valence-electron chi connectivity index (χ0n) is 15.8. The Bertz CT molecular complexity index is 906. The summed E-state index contributed by atoms with van der Waals surface area (Å²) in [5.41, 5.74) is 0.576. The van der Waals surface area contributed by atoms with E-state index in [0.29, 0.717) is 51.0 Å². The molecule has 0 radical (unpaired) electrons. The lowest BCUT2D eigenvalue weighted by atomic mass is 9.86. The number of carbonyl (C=O) groups excluding carboxylic acids is 1. The first-order valence-corrected chi connectivity index (χ1v) is 9.44. The van der Waals surface area contributed by atoms with Crippen molar-refractivity contribution in [3.8, 4) is 0 Å². The first-order chi connectivity index (χ1) is 12.9. The Morgan fingerprint density at radius 2 is 2.04 bits per heavy atom. The van der Waals surface area contributed by atoms with Crippen LogP contribution in [0.3, 0.4) is 0 Å². The molecule has 4 rings (SSSR count). The van der Waals surface area contributed by atoms with Gasteiger partial charge in [-0.15, -0.1) is 0 Å². The van der Waals surface area contributed by atoms with Crippen LogP contribution in [0.4, 0.5) is 0 Å². The molecule has 0 bridgehead atoms. The molecule has 0 aliphatic carbocycles. The Kier molecular flexibility index (Phi) is 4.38. The van der Waals surface area contributed by atoms with Crippen molar-refractivity contribution in [3.63, 3.8) is 0 Å². The number of nitrogens with zero attached hydrogens (tertiary/aromatic N) is 5. The minimum atomic E-state index is -0.982. The molecule has 0 aromatic carbocycles. The van der Waals surface area contributed by atoms with Gasteiger partial charge < -0.3 is 10.0 Å². The van der Waals surface area contributed by atoms with Crippen LogP contribution in [0.15, 0.2) is 23.1 Å². The third-order valence-electron chi connectivity index (χ3n) is 5.84. The molecule has 144 valence electrons. The number of fused-ring (bicyclic) bond motifs is 1. The molecule has 2 aliphatic heterocycles. The number of aryl methyl sites for hydroxylation is 3. The van der Waals surface area contributed by atoms with E-state index in [1.54, 1.807) is 17.8 Å². The van der Waals surface area contributed by atoms with E-state index in [1.165, 1.54) is 4.68 Å². The third kappa shape index (κ3) is 3.18. The Labute approximate surface area is 157 Å². The molecule has 1 atom stereocenters. The fraction of sp³-hybridized carbons (Fsp3) is 0.579. The summed E-state index contributed by atoms with van der Waals surface area (Å²) >= 11 is 0. The minimum Gasteiger partial charge on any atom is -0.383 e. The second-order valence-electron chi connectivity index (χ2n) is 7.75. The average Bonchev–Trinajstić information content (AvgIpc) is 2.96. The van der Waals surface area contributed by atoms with Gasteiger partial charge in [0.15, 0.2) is 0 Å². The standard InChI is InChI=1S/C19H25N5O3/c1-13-3-5-15(20-11-13)19(27)7-9-23(10-8-19)17(25)14-4-6-16-21-22(2)18(26)24(16)12-14/h3,5,11,14,27H,4,6-10,12H2,1-2H3/t14-/m1/s1. The number of piperidine rings is 1. The van der Waals surface area contributed by atoms with Gasteiger partial charge in [0.25, 0.3) is 0 Å². The van der Waals surface area contributed by atoms with E-state index in [2.05, 4.69) is 10.1 Å². The molecule has 2 aliphatic rings. The monoisotopic (exact) mass is 371 g/mol. The lowest BCUT2D eigenvalue weighted by Crippen LogP contribution is -2.49. The molecule has 27 heavy (non-hydrogen) atoms. The Morgan fingerprint density at radius 1 is 1.30 bits per heavy atom. The summed E-state index contributed by atoms with van der Waals surface area (Å²) in [4.78, 5) is 31.3. The molecule has 1 fully saturated rings. The second-order valence-corrected chi connectivity index (χ2v) is 7.75. The summed E-state index contributed by atoms with van der Waals surface area (Å²) in [5, 5.41) is 15.2. The van der Waals surface area contributed by atoms with Crippen LogP contribution in [0.2, 0.25) is 0 Å². The molecule has 8 heteroatoms. The molecule has 4 heterocycles. The zero-order valence-corrected chi connectivity index (χ0v) is 15.8. The number of rotatable bonds is 2. The largest absolute Gasteiger partial charge is 0.383 e. The lowest BCUT2D eigenvalue weighted by Gasteiger charge is -2.39. The number of aromatic nitrogens is 4. The fourth-order valence-electron chi connectivity index (χ4n) is 4.09. The average molecular weight is 371 g/mol. The molecule has 1 saturated heterocycles. The highest BCUT2D eigenvalue weighted by Gasteiger charge is 2.38. The summed E-state index contributed by atoms with van der Waals surface area (Å²) in [6.07, 6.45) is 4.04. The Balaban J connectivity index is 1.42. The molecule has 1 N–H and O–H groups in total. The summed E-state index contributed by atoms with van der Waals surface area (Å²) in [6, 6.07) is 3.81. The molecule has 2 aromatic heterocycles. The molecular formula is C19H25N5O3. The van der Waals surface area contributed by atoms with E-state index in [-0.39, 0.29) is 17.5 Å². The van der Waals surface area contributed by atoms with Gasteiger partial charge in [0.05, 0.1) is 11.6 Å². The van der Waals surface area contributed by atoms with Gasteiger partial charge in [-0.3, -0.25) is 14.3 Å². The molecule has 0 unspecified atom stereocenters. The molecule has 1 amide bonds. The van der Waals surface area contributed by atoms with Crippen LogP contribution in [-0.2, 0) is 30.4 Å². The third-order valence-corrected chi connectivity index (χ3v) is 5.84. The van der Waals surface area contributed by atoms with Gasteiger partial charge in [-0.25, -0.2) is 9.48 Å². The Morgan fingerprint density at radius 3 is 2.70 bits per heavy atom. The van der Waals surface area contributed by atoms with Crippen LogP contribution in [0, 0.1) is 12.8 Å². The highest BCUT2D eigenvalue weighted by atomic mass is 16.3. The Hall–Kier alpha value is -2.48. The number of likely N-dealkylation sites (tertiary alicyclic amines) is 1. The normalized spacial score (nSPS) is 21.7. The van der Waals surface area contributed by atoms with Gasteiger partial charge in [0, 0.05) is 39.3 Å². The maximum atomic E-state index is 13.0. The molecular weight excluding hydrogens is 346 g/mol. The van der Waals surface area contributed by atoms with Gasteiger partial charge in [-0.05, 0) is 37.8 Å². The van der Waals surface area contributed by atoms with Crippen LogP contribution in [0.1, 0.15) is 36.3 Å². The number of pyridine rings is 1. The van der Waals surface area contributed by atoms with E-state index >= 15 is 0 Å². The van der Waals surface area contributed by atoms with E-state index in [9.17, 15) is 14.7 Å². The van der Waals surface area contributed by atoms with E-state index in [4.69, 9.17) is 0 Å². The summed E-state index contributed by atoms with van der Waals surface area (Å²) in [7, 11) is 1.63. The lowest BCUT2D eigenvalue weighted by molar-refractivity contribution is -0.141. The predicted molar refractivity (Wildman–Crippen MR) is 98.0 cm³/mol. The van der Waals surface area contributed by atoms with Crippen molar-refractivity contribution in [1.29, 1.82) is 0 Å².